The average Bonchev–Trinajstić information content (AvgIpc) is 3.29. The van der Waals surface area contributed by atoms with Crippen molar-refractivity contribution in [3.8, 4) is 0 Å². The summed E-state index contributed by atoms with van der Waals surface area (Å²) in [6.45, 7) is 12.4. The number of nitrogens with zero attached hydrogens (tertiary/aromatic N) is 3. The minimum atomic E-state index is -0.106. The molecule has 1 saturated carbocycles. The second kappa shape index (κ2) is 9.40. The lowest BCUT2D eigenvalue weighted by Gasteiger charge is -2.53. The van der Waals surface area contributed by atoms with Crippen LogP contribution < -0.4 is 21.3 Å². The summed E-state index contributed by atoms with van der Waals surface area (Å²) >= 11 is 1.37. The first-order valence-electron chi connectivity index (χ1n) is 13.4. The van der Waals surface area contributed by atoms with Crippen LogP contribution in [-0.4, -0.2) is 48.1 Å². The summed E-state index contributed by atoms with van der Waals surface area (Å²) in [6.07, 6.45) is 5.91. The number of pyridine rings is 2. The molecular weight excluding hydrogens is 480 g/mol. The summed E-state index contributed by atoms with van der Waals surface area (Å²) in [5.74, 6) is 2.28. The fraction of sp³-hybridized carbons (Fsp3) is 0.483. The number of hydrogen-bond acceptors (Lipinski definition) is 7. The van der Waals surface area contributed by atoms with Crippen molar-refractivity contribution < 1.29 is 4.79 Å². The van der Waals surface area contributed by atoms with E-state index >= 15 is 0 Å². The molecule has 3 fully saturated rings. The number of amides is 1. The number of nitrogens with one attached hydrogen (secondary N) is 2. The zero-order valence-corrected chi connectivity index (χ0v) is 22.5. The summed E-state index contributed by atoms with van der Waals surface area (Å²) in [7, 11) is 0. The molecule has 8 heteroatoms. The lowest BCUT2D eigenvalue weighted by molar-refractivity contribution is 0.0230. The van der Waals surface area contributed by atoms with Crippen LogP contribution >= 0.6 is 11.3 Å². The molecule has 2 bridgehead atoms. The zero-order valence-electron chi connectivity index (χ0n) is 21.7. The summed E-state index contributed by atoms with van der Waals surface area (Å²) in [5, 5.41) is 7.74. The molecule has 37 heavy (non-hydrogen) atoms. The van der Waals surface area contributed by atoms with E-state index in [4.69, 9.17) is 10.7 Å². The minimum Gasteiger partial charge on any atom is -0.397 e. The molecule has 2 saturated heterocycles. The molecule has 4 atom stereocenters. The van der Waals surface area contributed by atoms with Gasteiger partial charge in [0.1, 0.15) is 15.5 Å². The lowest BCUT2D eigenvalue weighted by atomic mass is 9.54. The average molecular weight is 517 g/mol. The smallest absolute Gasteiger partial charge is 0.263 e. The number of rotatable bonds is 4. The lowest BCUT2D eigenvalue weighted by Crippen LogP contribution is -2.52. The van der Waals surface area contributed by atoms with Crippen LogP contribution in [0.2, 0.25) is 0 Å². The molecule has 0 spiro atoms. The van der Waals surface area contributed by atoms with E-state index < -0.39 is 0 Å². The van der Waals surface area contributed by atoms with Gasteiger partial charge in [0, 0.05) is 54.4 Å². The number of hydrogen-bond donors (Lipinski definition) is 3. The number of anilines is 2. The third-order valence-electron chi connectivity index (χ3n) is 8.98. The maximum Gasteiger partial charge on any atom is 0.263 e. The largest absolute Gasteiger partial charge is 0.397 e. The Morgan fingerprint density at radius 2 is 2.19 bits per heavy atom. The van der Waals surface area contributed by atoms with Gasteiger partial charge >= 0.3 is 0 Å². The summed E-state index contributed by atoms with van der Waals surface area (Å²) in [6, 6.07) is 8.34. The Balaban J connectivity index is 1.14. The standard InChI is InChI=1S/C29H36N6OS/c1-4-29-14-20(18(29)3)15-35(12-11-31-16-29)24-10-6-19-13-21(7-9-23(19)34-24)33-27(36)26-25(30)22-8-5-17(2)32-28(22)37-26/h4-6,8,10,18,20-21,31H,1,7,9,11-16,30H2,2-3H3,(H,33,36)/t18-,20?,21+,29?/m1/s1. The Bertz CT molecular complexity index is 1370. The van der Waals surface area contributed by atoms with Crippen molar-refractivity contribution in [3.05, 3.63) is 58.7 Å². The summed E-state index contributed by atoms with van der Waals surface area (Å²) in [4.78, 5) is 26.6. The number of fused-ring (bicyclic) bond motifs is 7. The van der Waals surface area contributed by atoms with Crippen molar-refractivity contribution >= 4 is 39.0 Å². The summed E-state index contributed by atoms with van der Waals surface area (Å²) in [5.41, 5.74) is 10.4. The maximum absolute atomic E-state index is 13.1. The van der Waals surface area contributed by atoms with Gasteiger partial charge < -0.3 is 21.3 Å². The number of nitrogen functional groups attached to an aromatic ring is 1. The van der Waals surface area contributed by atoms with E-state index in [0.29, 0.717) is 22.4 Å². The summed E-state index contributed by atoms with van der Waals surface area (Å²) < 4.78 is 0. The van der Waals surface area contributed by atoms with Crippen LogP contribution in [-0.2, 0) is 12.8 Å². The van der Waals surface area contributed by atoms with Crippen LogP contribution in [0.5, 0.6) is 0 Å². The first-order chi connectivity index (χ1) is 17.9. The van der Waals surface area contributed by atoms with Gasteiger partial charge in [0.15, 0.2) is 0 Å². The highest BCUT2D eigenvalue weighted by atomic mass is 32.1. The Hall–Kier alpha value is -2.97. The second-order valence-electron chi connectivity index (χ2n) is 11.2. The molecule has 0 radical (unpaired) electrons. The number of carbonyl (C=O) groups is 1. The number of aryl methyl sites for hydroxylation is 2. The second-order valence-corrected chi connectivity index (χ2v) is 12.2. The Kier molecular flexibility index (Phi) is 6.19. The van der Waals surface area contributed by atoms with Gasteiger partial charge in [-0.05, 0) is 68.2 Å². The molecule has 0 aromatic carbocycles. The quantitative estimate of drug-likeness (QED) is 0.452. The highest BCUT2D eigenvalue weighted by Gasteiger charge is 2.49. The molecule has 4 aliphatic rings. The maximum atomic E-state index is 13.1. The van der Waals surface area contributed by atoms with Gasteiger partial charge in [-0.15, -0.1) is 17.9 Å². The fourth-order valence-corrected chi connectivity index (χ4v) is 7.53. The van der Waals surface area contributed by atoms with Crippen LogP contribution in [0.25, 0.3) is 10.2 Å². The van der Waals surface area contributed by atoms with Gasteiger partial charge in [0.2, 0.25) is 0 Å². The van der Waals surface area contributed by atoms with Crippen molar-refractivity contribution in [2.75, 3.05) is 36.8 Å². The normalized spacial score (nSPS) is 27.4. The van der Waals surface area contributed by atoms with E-state index in [-0.39, 0.29) is 17.4 Å². The van der Waals surface area contributed by atoms with E-state index in [9.17, 15) is 4.79 Å². The first-order valence-corrected chi connectivity index (χ1v) is 14.2. The molecule has 2 aliphatic heterocycles. The predicted octanol–water partition coefficient (Wildman–Crippen LogP) is 4.11. The SMILES string of the molecule is C=CC12CNCCN(c3ccc4c(n3)CC[C@H](NC(=O)c3sc5nc(C)ccc5c3N)C4)CC(C1)[C@H]2C. The molecule has 2 aliphatic carbocycles. The molecule has 1 amide bonds. The monoisotopic (exact) mass is 516 g/mol. The van der Waals surface area contributed by atoms with Gasteiger partial charge in [-0.1, -0.05) is 19.1 Å². The van der Waals surface area contributed by atoms with Crippen LogP contribution in [0, 0.1) is 24.2 Å². The highest BCUT2D eigenvalue weighted by Crippen LogP contribution is 2.52. The van der Waals surface area contributed by atoms with E-state index in [1.165, 1.54) is 29.0 Å². The highest BCUT2D eigenvalue weighted by molar-refractivity contribution is 7.21. The van der Waals surface area contributed by atoms with Crippen LogP contribution in [0.4, 0.5) is 11.5 Å². The molecule has 2 unspecified atom stereocenters. The van der Waals surface area contributed by atoms with E-state index in [2.05, 4.69) is 52.2 Å². The van der Waals surface area contributed by atoms with Gasteiger partial charge in [0.05, 0.1) is 5.69 Å². The van der Waals surface area contributed by atoms with Crippen molar-refractivity contribution in [2.24, 2.45) is 17.3 Å². The van der Waals surface area contributed by atoms with Crippen LogP contribution in [0.3, 0.4) is 0 Å². The van der Waals surface area contributed by atoms with E-state index in [1.54, 1.807) is 0 Å². The number of nitrogens with two attached hydrogens (primary N) is 1. The Labute approximate surface area is 222 Å². The van der Waals surface area contributed by atoms with Crippen LogP contribution in [0.15, 0.2) is 36.9 Å². The molecule has 7 rings (SSSR count). The fourth-order valence-electron chi connectivity index (χ4n) is 6.48. The molecule has 194 valence electrons. The van der Waals surface area contributed by atoms with E-state index in [0.717, 1.165) is 67.2 Å². The minimum absolute atomic E-state index is 0.0734. The van der Waals surface area contributed by atoms with Gasteiger partial charge in [0.25, 0.3) is 5.91 Å². The molecule has 3 aromatic rings. The first kappa shape index (κ1) is 24.4. The number of thiophene rings is 1. The molecule has 7 nitrogen and oxygen atoms in total. The van der Waals surface area contributed by atoms with Gasteiger partial charge in [-0.25, -0.2) is 9.97 Å². The number of aromatic nitrogens is 2. The Morgan fingerprint density at radius 3 is 3.00 bits per heavy atom. The predicted molar refractivity (Wildman–Crippen MR) is 151 cm³/mol. The topological polar surface area (TPSA) is 96.2 Å². The van der Waals surface area contributed by atoms with E-state index in [1.807, 2.05) is 19.1 Å². The third kappa shape index (κ3) is 4.30. The Morgan fingerprint density at radius 1 is 1.32 bits per heavy atom. The van der Waals surface area contributed by atoms with Crippen molar-refractivity contribution in [3.63, 3.8) is 0 Å². The van der Waals surface area contributed by atoms with Crippen molar-refractivity contribution in [1.82, 2.24) is 20.6 Å². The number of carbonyl (C=O) groups excluding carboxylic acids is 1. The molecule has 5 heterocycles. The van der Waals surface area contributed by atoms with Crippen LogP contribution in [0.1, 0.15) is 46.4 Å². The molecular formula is C29H36N6OS. The van der Waals surface area contributed by atoms with Crippen molar-refractivity contribution in [1.29, 1.82) is 0 Å². The van der Waals surface area contributed by atoms with Gasteiger partial charge in [-0.3, -0.25) is 4.79 Å². The molecule has 4 N–H and O–H groups in total. The third-order valence-corrected chi connectivity index (χ3v) is 10.1. The molecule has 3 aromatic heterocycles. The van der Waals surface area contributed by atoms with Crippen molar-refractivity contribution in [2.45, 2.75) is 45.6 Å². The zero-order chi connectivity index (χ0) is 25.7. The van der Waals surface area contributed by atoms with Gasteiger partial charge in [-0.2, -0.15) is 0 Å².